The first-order chi connectivity index (χ1) is 19.3. The van der Waals surface area contributed by atoms with Crippen LogP contribution in [0.3, 0.4) is 0 Å². The van der Waals surface area contributed by atoms with Gasteiger partial charge in [0.05, 0.1) is 0 Å². The van der Waals surface area contributed by atoms with Crippen LogP contribution in [0.5, 0.6) is 0 Å². The predicted molar refractivity (Wildman–Crippen MR) is 172 cm³/mol. The monoisotopic (exact) mass is 591 g/mol. The van der Waals surface area contributed by atoms with Gasteiger partial charge in [-0.15, -0.1) is 0 Å². The average molecular weight is 592 g/mol. The summed E-state index contributed by atoms with van der Waals surface area (Å²) in [6, 6.07) is 4.44. The molecule has 7 nitrogen and oxygen atoms in total. The van der Waals surface area contributed by atoms with Crippen molar-refractivity contribution in [3.8, 4) is 0 Å². The molecule has 0 saturated heterocycles. The van der Waals surface area contributed by atoms with Crippen molar-refractivity contribution in [2.75, 3.05) is 18.6 Å². The molecule has 3 atom stereocenters. The molecule has 0 aromatic heterocycles. The minimum atomic E-state index is -0.800. The number of unbranched alkanes of at least 4 members (excludes halogenated alkanes) is 5. The van der Waals surface area contributed by atoms with E-state index in [1.165, 1.54) is 12.8 Å². The number of ether oxygens (including phenoxy) is 1. The highest BCUT2D eigenvalue weighted by molar-refractivity contribution is 7.98. The van der Waals surface area contributed by atoms with Gasteiger partial charge in [-0.25, -0.2) is 4.79 Å². The molecule has 3 amide bonds. The van der Waals surface area contributed by atoms with E-state index in [4.69, 9.17) is 4.74 Å². The van der Waals surface area contributed by atoms with Gasteiger partial charge in [0.25, 0.3) is 0 Å². The van der Waals surface area contributed by atoms with Gasteiger partial charge in [0.2, 0.25) is 11.8 Å². The van der Waals surface area contributed by atoms with Crippen LogP contribution in [0, 0.1) is 13.8 Å². The molecular formula is C33H57N3O4S. The van der Waals surface area contributed by atoms with E-state index in [0.29, 0.717) is 18.7 Å². The Hall–Kier alpha value is -2.22. The van der Waals surface area contributed by atoms with Gasteiger partial charge >= 0.3 is 6.09 Å². The summed E-state index contributed by atoms with van der Waals surface area (Å²) < 4.78 is 5.51. The number of carbonyl (C=O) groups is 3. The zero-order valence-corrected chi connectivity index (χ0v) is 28.0. The summed E-state index contributed by atoms with van der Waals surface area (Å²) in [7, 11) is 0. The number of benzene rings is 1. The van der Waals surface area contributed by atoms with Crippen LogP contribution >= 0.6 is 11.8 Å². The van der Waals surface area contributed by atoms with Crippen LogP contribution < -0.4 is 10.6 Å². The van der Waals surface area contributed by atoms with Gasteiger partial charge in [-0.3, -0.25) is 9.59 Å². The van der Waals surface area contributed by atoms with Gasteiger partial charge in [0, 0.05) is 12.6 Å². The highest BCUT2D eigenvalue weighted by Gasteiger charge is 2.37. The number of alkyl carbamates (subject to hydrolysis) is 1. The summed E-state index contributed by atoms with van der Waals surface area (Å²) in [4.78, 5) is 43.0. The lowest BCUT2D eigenvalue weighted by Crippen LogP contribution is -2.54. The van der Waals surface area contributed by atoms with Crippen molar-refractivity contribution in [3.63, 3.8) is 0 Å². The van der Waals surface area contributed by atoms with Gasteiger partial charge in [0.1, 0.15) is 17.7 Å². The Labute approximate surface area is 254 Å². The fourth-order valence-electron chi connectivity index (χ4n) is 4.90. The number of thioether (sulfide) groups is 1. The van der Waals surface area contributed by atoms with Gasteiger partial charge in [-0.05, 0) is 83.9 Å². The van der Waals surface area contributed by atoms with Crippen molar-refractivity contribution in [3.05, 3.63) is 34.9 Å². The quantitative estimate of drug-likeness (QED) is 0.173. The Morgan fingerprint density at radius 2 is 1.61 bits per heavy atom. The molecule has 0 spiro atoms. The van der Waals surface area contributed by atoms with Crippen molar-refractivity contribution in [1.29, 1.82) is 0 Å². The molecule has 41 heavy (non-hydrogen) atoms. The molecule has 0 radical (unpaired) electrons. The first-order valence-electron chi connectivity index (χ1n) is 15.5. The molecule has 234 valence electrons. The van der Waals surface area contributed by atoms with E-state index in [2.05, 4.69) is 24.5 Å². The van der Waals surface area contributed by atoms with Crippen LogP contribution in [-0.2, 0) is 14.3 Å². The number of amides is 3. The Balaban J connectivity index is 3.53. The Kier molecular flexibility index (Phi) is 17.1. The van der Waals surface area contributed by atoms with E-state index in [-0.39, 0.29) is 17.9 Å². The van der Waals surface area contributed by atoms with E-state index in [1.54, 1.807) is 37.4 Å². The number of hydrogen-bond acceptors (Lipinski definition) is 5. The molecule has 0 aliphatic heterocycles. The molecule has 2 N–H and O–H groups in total. The SMILES string of the molecule is CCCCCCCCN(C(=O)C(CCSC)NC(=O)OC(C)(C)C)C(C(=O)NC(C)CCC)c1cc(C)ccc1C. The van der Waals surface area contributed by atoms with Gasteiger partial charge in [-0.1, -0.05) is 76.1 Å². The number of nitrogens with one attached hydrogen (secondary N) is 2. The molecule has 0 fully saturated rings. The summed E-state index contributed by atoms with van der Waals surface area (Å²) >= 11 is 1.62. The van der Waals surface area contributed by atoms with Crippen molar-refractivity contribution in [2.45, 2.75) is 137 Å². The molecule has 0 bridgehead atoms. The molecule has 1 rings (SSSR count). The second-order valence-electron chi connectivity index (χ2n) is 12.2. The molecule has 1 aromatic carbocycles. The zero-order chi connectivity index (χ0) is 31.0. The van der Waals surface area contributed by atoms with Gasteiger partial charge in [-0.2, -0.15) is 11.8 Å². The highest BCUT2D eigenvalue weighted by Crippen LogP contribution is 2.28. The molecule has 1 aromatic rings. The summed E-state index contributed by atoms with van der Waals surface area (Å²) in [5.74, 6) is 0.257. The van der Waals surface area contributed by atoms with Gasteiger partial charge < -0.3 is 20.3 Å². The second kappa shape index (κ2) is 19.1. The maximum Gasteiger partial charge on any atom is 0.408 e. The maximum absolute atomic E-state index is 14.4. The number of rotatable bonds is 18. The lowest BCUT2D eigenvalue weighted by molar-refractivity contribution is -0.143. The fraction of sp³-hybridized carbons (Fsp3) is 0.727. The number of hydrogen-bond donors (Lipinski definition) is 2. The molecule has 3 unspecified atom stereocenters. The van der Waals surface area contributed by atoms with Crippen molar-refractivity contribution >= 4 is 29.7 Å². The standard InChI is InChI=1S/C33H57N3O4S/c1-10-12-13-14-15-16-21-36(31(38)28(20-22-41-9)35-32(39)40-33(6,7)8)29(30(37)34-26(5)17-11-2)27-23-24(3)18-19-25(27)4/h18-19,23,26,28-29H,10-17,20-22H2,1-9H3,(H,34,37)(H,35,39). The summed E-state index contributed by atoms with van der Waals surface area (Å²) in [5, 5.41) is 6.03. The first kappa shape index (κ1) is 36.8. The number of nitrogens with zero attached hydrogens (tertiary/aromatic N) is 1. The topological polar surface area (TPSA) is 87.7 Å². The van der Waals surface area contributed by atoms with E-state index < -0.39 is 23.8 Å². The number of carbonyl (C=O) groups excluding carboxylic acids is 3. The Morgan fingerprint density at radius 3 is 2.22 bits per heavy atom. The van der Waals surface area contributed by atoms with Crippen LogP contribution in [0.4, 0.5) is 4.79 Å². The maximum atomic E-state index is 14.4. The first-order valence-corrected chi connectivity index (χ1v) is 16.9. The normalized spacial score (nSPS) is 13.7. The minimum absolute atomic E-state index is 0.0155. The van der Waals surface area contributed by atoms with E-state index in [9.17, 15) is 14.4 Å². The third kappa shape index (κ3) is 14.0. The molecule has 0 aliphatic carbocycles. The largest absolute Gasteiger partial charge is 0.444 e. The van der Waals surface area contributed by atoms with Crippen LogP contribution in [-0.4, -0.2) is 59.0 Å². The second-order valence-corrected chi connectivity index (χ2v) is 13.2. The Bertz CT molecular complexity index is 947. The third-order valence-electron chi connectivity index (χ3n) is 7.04. The van der Waals surface area contributed by atoms with Crippen LogP contribution in [0.25, 0.3) is 0 Å². The smallest absolute Gasteiger partial charge is 0.408 e. The van der Waals surface area contributed by atoms with Crippen molar-refractivity contribution in [1.82, 2.24) is 15.5 Å². The molecular weight excluding hydrogens is 534 g/mol. The highest BCUT2D eigenvalue weighted by atomic mass is 32.2. The predicted octanol–water partition coefficient (Wildman–Crippen LogP) is 7.48. The zero-order valence-electron chi connectivity index (χ0n) is 27.2. The lowest BCUT2D eigenvalue weighted by atomic mass is 9.95. The lowest BCUT2D eigenvalue weighted by Gasteiger charge is -2.36. The molecule has 0 heterocycles. The van der Waals surface area contributed by atoms with Crippen LogP contribution in [0.2, 0.25) is 0 Å². The summed E-state index contributed by atoms with van der Waals surface area (Å²) in [6.07, 6.45) is 9.99. The average Bonchev–Trinajstić information content (AvgIpc) is 2.88. The van der Waals surface area contributed by atoms with Crippen molar-refractivity contribution < 1.29 is 19.1 Å². The van der Waals surface area contributed by atoms with Crippen molar-refractivity contribution in [2.24, 2.45) is 0 Å². The fourth-order valence-corrected chi connectivity index (χ4v) is 5.38. The molecule has 0 aliphatic rings. The Morgan fingerprint density at radius 1 is 0.951 bits per heavy atom. The van der Waals surface area contributed by atoms with Crippen LogP contribution in [0.1, 0.15) is 122 Å². The third-order valence-corrected chi connectivity index (χ3v) is 7.68. The van der Waals surface area contributed by atoms with Gasteiger partial charge in [0.15, 0.2) is 0 Å². The molecule has 8 heteroatoms. The van der Waals surface area contributed by atoms with E-state index in [0.717, 1.165) is 55.2 Å². The summed E-state index contributed by atoms with van der Waals surface area (Å²) in [6.45, 7) is 16.1. The van der Waals surface area contributed by atoms with Crippen LogP contribution in [0.15, 0.2) is 18.2 Å². The number of aryl methyl sites for hydroxylation is 2. The van der Waals surface area contributed by atoms with E-state index in [1.807, 2.05) is 45.2 Å². The molecule has 0 saturated carbocycles. The minimum Gasteiger partial charge on any atom is -0.444 e. The summed E-state index contributed by atoms with van der Waals surface area (Å²) in [5.41, 5.74) is 2.13. The van der Waals surface area contributed by atoms with E-state index >= 15 is 0 Å².